The number of allylic oxidation sites excluding steroid dienone is 20. The first kappa shape index (κ1) is 79.4. The Hall–Kier alpha value is -3.59. The summed E-state index contributed by atoms with van der Waals surface area (Å²) < 4.78 is 34.7. The summed E-state index contributed by atoms with van der Waals surface area (Å²) in [7, 11) is 1.47. The number of carbonyl (C=O) groups is 2. The first-order chi connectivity index (χ1) is 40.5. The van der Waals surface area contributed by atoms with Gasteiger partial charge in [0.05, 0.1) is 27.7 Å². The Bertz CT molecular complexity index is 1820. The van der Waals surface area contributed by atoms with Crippen molar-refractivity contribution in [1.82, 2.24) is 0 Å². The highest BCUT2D eigenvalue weighted by molar-refractivity contribution is 7.47. The fourth-order valence-corrected chi connectivity index (χ4v) is 9.85. The van der Waals surface area contributed by atoms with Gasteiger partial charge in [0.15, 0.2) is 6.10 Å². The molecule has 0 fully saturated rings. The summed E-state index contributed by atoms with van der Waals surface area (Å²) in [6, 6.07) is 0. The van der Waals surface area contributed by atoms with Gasteiger partial charge in [0, 0.05) is 12.8 Å². The van der Waals surface area contributed by atoms with Crippen molar-refractivity contribution < 1.29 is 42.1 Å². The van der Waals surface area contributed by atoms with Gasteiger partial charge in [0.2, 0.25) is 0 Å². The molecule has 0 aromatic heterocycles. The van der Waals surface area contributed by atoms with E-state index in [9.17, 15) is 19.0 Å². The molecule has 0 spiro atoms. The number of esters is 2. The van der Waals surface area contributed by atoms with Crippen molar-refractivity contribution in [3.8, 4) is 0 Å². The average Bonchev–Trinajstić information content (AvgIpc) is 3.48. The van der Waals surface area contributed by atoms with E-state index in [4.69, 9.17) is 18.5 Å². The monoisotopic (exact) mass is 1180 g/mol. The van der Waals surface area contributed by atoms with Crippen molar-refractivity contribution in [3.05, 3.63) is 122 Å². The van der Waals surface area contributed by atoms with E-state index in [-0.39, 0.29) is 32.0 Å². The zero-order valence-electron chi connectivity index (χ0n) is 54.1. The molecule has 0 amide bonds. The lowest BCUT2D eigenvalue weighted by Gasteiger charge is -2.24. The molecule has 2 unspecified atom stereocenters. The van der Waals surface area contributed by atoms with Crippen molar-refractivity contribution in [2.24, 2.45) is 0 Å². The maximum atomic E-state index is 12.9. The number of ether oxygens (including phenoxy) is 2. The zero-order chi connectivity index (χ0) is 60.5. The highest BCUT2D eigenvalue weighted by Crippen LogP contribution is 2.43. The Morgan fingerprint density at radius 2 is 0.687 bits per heavy atom. The fraction of sp³-hybridized carbons (Fsp3) is 0.699. The molecule has 0 aliphatic rings. The minimum atomic E-state index is -4.40. The average molecular weight is 1180 g/mol. The van der Waals surface area contributed by atoms with Crippen LogP contribution in [0.3, 0.4) is 0 Å². The summed E-state index contributed by atoms with van der Waals surface area (Å²) in [4.78, 5) is 35.8. The lowest BCUT2D eigenvalue weighted by atomic mass is 10.0. The van der Waals surface area contributed by atoms with Crippen molar-refractivity contribution in [2.45, 2.75) is 283 Å². The summed E-state index contributed by atoms with van der Waals surface area (Å²) in [5, 5.41) is 0. The van der Waals surface area contributed by atoms with E-state index in [2.05, 4.69) is 135 Å². The minimum Gasteiger partial charge on any atom is -0.462 e. The summed E-state index contributed by atoms with van der Waals surface area (Å²) >= 11 is 0. The normalized spacial score (nSPS) is 14.0. The highest BCUT2D eigenvalue weighted by Gasteiger charge is 2.27. The molecule has 0 aliphatic heterocycles. The van der Waals surface area contributed by atoms with Gasteiger partial charge in [-0.3, -0.25) is 18.6 Å². The molecule has 0 saturated carbocycles. The van der Waals surface area contributed by atoms with Crippen LogP contribution in [0, 0.1) is 0 Å². The second-order valence-electron chi connectivity index (χ2n) is 23.5. The molecule has 10 heteroatoms. The molecule has 1 N–H and O–H groups in total. The lowest BCUT2D eigenvalue weighted by Crippen LogP contribution is -2.37. The molecular weight excluding hydrogens is 1050 g/mol. The highest BCUT2D eigenvalue weighted by atomic mass is 31.2. The van der Waals surface area contributed by atoms with Crippen LogP contribution in [-0.4, -0.2) is 74.9 Å². The summed E-state index contributed by atoms with van der Waals surface area (Å²) in [5.74, 6) is -0.803. The van der Waals surface area contributed by atoms with E-state index >= 15 is 0 Å². The molecule has 0 aliphatic carbocycles. The quantitative estimate of drug-likeness (QED) is 0.0211. The number of hydrogen-bond donors (Lipinski definition) is 1. The number of phosphoric acid groups is 1. The number of phosphoric ester groups is 1. The van der Waals surface area contributed by atoms with Crippen LogP contribution in [-0.2, 0) is 32.7 Å². The van der Waals surface area contributed by atoms with Gasteiger partial charge in [-0.25, -0.2) is 4.57 Å². The Kier molecular flexibility index (Phi) is 60.2. The lowest BCUT2D eigenvalue weighted by molar-refractivity contribution is -0.870. The second-order valence-corrected chi connectivity index (χ2v) is 24.9. The number of carbonyl (C=O) groups excluding carboxylic acids is 2. The first-order valence-electron chi connectivity index (χ1n) is 33.8. The molecule has 476 valence electrons. The Balaban J connectivity index is 4.12. The number of hydrogen-bond acceptors (Lipinski definition) is 7. The van der Waals surface area contributed by atoms with Crippen molar-refractivity contribution in [3.63, 3.8) is 0 Å². The van der Waals surface area contributed by atoms with Crippen LogP contribution in [0.25, 0.3) is 0 Å². The van der Waals surface area contributed by atoms with Crippen LogP contribution < -0.4 is 0 Å². The topological polar surface area (TPSA) is 108 Å². The van der Waals surface area contributed by atoms with Gasteiger partial charge >= 0.3 is 19.8 Å². The molecule has 9 nitrogen and oxygen atoms in total. The van der Waals surface area contributed by atoms with E-state index in [1.807, 2.05) is 21.1 Å². The summed E-state index contributed by atoms with van der Waals surface area (Å²) in [6.45, 7) is 4.33. The number of rotatable bonds is 61. The minimum absolute atomic E-state index is 0.0261. The van der Waals surface area contributed by atoms with Gasteiger partial charge in [-0.15, -0.1) is 0 Å². The largest absolute Gasteiger partial charge is 0.472 e. The molecule has 0 bridgehead atoms. The summed E-state index contributed by atoms with van der Waals surface area (Å²) in [5.41, 5.74) is 0. The Morgan fingerprint density at radius 1 is 0.386 bits per heavy atom. The zero-order valence-corrected chi connectivity index (χ0v) is 55.0. The molecule has 0 aromatic carbocycles. The third-order valence-electron chi connectivity index (χ3n) is 14.3. The predicted octanol–water partition coefficient (Wildman–Crippen LogP) is 21.9. The standard InChI is InChI=1S/C73H126NO8P/c1-6-8-10-12-14-16-18-20-22-24-26-28-29-30-31-32-33-34-35-36-37-38-39-40-41-42-43-44-45-46-48-50-52-54-56-58-60-62-64-66-73(76)82-71(70-81-83(77,78)80-68-67-74(3,4)5)69-79-72(75)65-63-61-59-57-55-53-51-49-47-27-25-23-21-19-17-15-13-11-9-7-2/h8,10,14,16,20,22,26,28,30-31,33-34,36-37,39-40,42-43,45-46,71H,6-7,9,11-13,15,17-19,21,23-25,27,29,32,35,38,41,44,47-70H2,1-5H3/p+1/b10-8-,16-14-,22-20-,28-26-,31-30-,34-33-,37-36-,40-39-,43-42-,46-45-. The van der Waals surface area contributed by atoms with E-state index < -0.39 is 26.5 Å². The maximum absolute atomic E-state index is 12.9. The molecule has 0 radical (unpaired) electrons. The SMILES string of the molecule is CC/C=C\C/C=C\C/C=C\C/C=C\C/C=C\C/C=C\C/C=C\C/C=C\C/C=C\C/C=C\CCCCCCCCCCC(=O)OC(COC(=O)CCCCCCCCCCCCCCCCCCCCCC)COP(=O)(O)OCC[N+](C)(C)C. The van der Waals surface area contributed by atoms with Crippen LogP contribution in [0.15, 0.2) is 122 Å². The van der Waals surface area contributed by atoms with Crippen molar-refractivity contribution >= 4 is 19.8 Å². The Labute approximate surface area is 511 Å². The van der Waals surface area contributed by atoms with Gasteiger partial charge in [-0.05, 0) is 89.9 Å². The van der Waals surface area contributed by atoms with E-state index in [1.165, 1.54) is 135 Å². The van der Waals surface area contributed by atoms with Gasteiger partial charge < -0.3 is 18.9 Å². The molecule has 0 saturated heterocycles. The van der Waals surface area contributed by atoms with Crippen LogP contribution in [0.5, 0.6) is 0 Å². The fourth-order valence-electron chi connectivity index (χ4n) is 9.10. The van der Waals surface area contributed by atoms with Crippen LogP contribution >= 0.6 is 7.82 Å². The predicted molar refractivity (Wildman–Crippen MR) is 358 cm³/mol. The molecule has 0 heterocycles. The van der Waals surface area contributed by atoms with Crippen LogP contribution in [0.2, 0.25) is 0 Å². The van der Waals surface area contributed by atoms with Crippen LogP contribution in [0.1, 0.15) is 277 Å². The molecule has 0 aromatic rings. The number of quaternary nitrogens is 1. The number of likely N-dealkylation sites (N-methyl/N-ethyl adjacent to an activating group) is 1. The van der Waals surface area contributed by atoms with Crippen molar-refractivity contribution in [1.29, 1.82) is 0 Å². The first-order valence-corrected chi connectivity index (χ1v) is 35.3. The van der Waals surface area contributed by atoms with Crippen molar-refractivity contribution in [2.75, 3.05) is 47.5 Å². The van der Waals surface area contributed by atoms with E-state index in [0.29, 0.717) is 17.4 Å². The smallest absolute Gasteiger partial charge is 0.462 e. The summed E-state index contributed by atoms with van der Waals surface area (Å²) in [6.07, 6.45) is 90.0. The maximum Gasteiger partial charge on any atom is 0.472 e. The third kappa shape index (κ3) is 67.4. The van der Waals surface area contributed by atoms with Gasteiger partial charge in [0.25, 0.3) is 0 Å². The van der Waals surface area contributed by atoms with E-state index in [1.54, 1.807) is 0 Å². The van der Waals surface area contributed by atoms with Gasteiger partial charge in [-0.2, -0.15) is 0 Å². The number of unbranched alkanes of at least 4 members (excludes halogenated alkanes) is 27. The number of nitrogens with zero attached hydrogens (tertiary/aromatic N) is 1. The Morgan fingerprint density at radius 3 is 1.02 bits per heavy atom. The molecule has 2 atom stereocenters. The van der Waals surface area contributed by atoms with E-state index in [0.717, 1.165) is 109 Å². The second kappa shape index (κ2) is 62.9. The molecule has 0 rings (SSSR count). The van der Waals surface area contributed by atoms with Crippen LogP contribution in [0.4, 0.5) is 0 Å². The third-order valence-corrected chi connectivity index (χ3v) is 15.2. The van der Waals surface area contributed by atoms with Gasteiger partial charge in [0.1, 0.15) is 19.8 Å². The van der Waals surface area contributed by atoms with Gasteiger partial charge in [-0.1, -0.05) is 296 Å². The molecular formula is C73H127NO8P+. The molecule has 83 heavy (non-hydrogen) atoms.